The second-order valence-corrected chi connectivity index (χ2v) is 3.89. The maximum absolute atomic E-state index is 11.7. The van der Waals surface area contributed by atoms with Crippen molar-refractivity contribution < 1.29 is 14.7 Å². The van der Waals surface area contributed by atoms with Crippen molar-refractivity contribution >= 4 is 11.6 Å². The number of aliphatic hydroxyl groups is 1. The summed E-state index contributed by atoms with van der Waals surface area (Å²) in [5, 5.41) is 9.10. The molecule has 1 aliphatic rings. The van der Waals surface area contributed by atoms with Gasteiger partial charge in [0.1, 0.15) is 17.3 Å². The van der Waals surface area contributed by atoms with E-state index in [1.54, 1.807) is 19.1 Å². The zero-order valence-corrected chi connectivity index (χ0v) is 8.41. The van der Waals surface area contributed by atoms with Crippen molar-refractivity contribution in [2.75, 3.05) is 0 Å². The van der Waals surface area contributed by atoms with Crippen LogP contribution >= 0.6 is 0 Å². The minimum Gasteiger partial charge on any atom is -0.508 e. The first-order valence-corrected chi connectivity index (χ1v) is 4.55. The molecule has 1 atom stereocenters. The summed E-state index contributed by atoms with van der Waals surface area (Å²) in [4.78, 5) is 22.4. The Kier molecular flexibility index (Phi) is 2.89. The van der Waals surface area contributed by atoms with E-state index in [9.17, 15) is 9.59 Å². The molecule has 0 aliphatic heterocycles. The Morgan fingerprint density at radius 2 is 2.21 bits per heavy atom. The van der Waals surface area contributed by atoms with Crippen LogP contribution in [0.25, 0.3) is 0 Å². The van der Waals surface area contributed by atoms with Crippen LogP contribution in [0.3, 0.4) is 0 Å². The zero-order chi connectivity index (χ0) is 10.8. The molecule has 3 heteroatoms. The van der Waals surface area contributed by atoms with Crippen LogP contribution < -0.4 is 0 Å². The average molecular weight is 194 g/mol. The molecular formula is C11H14O3. The average Bonchev–Trinajstić information content (AvgIpc) is 2.09. The normalized spacial score (nSPS) is 25.7. The summed E-state index contributed by atoms with van der Waals surface area (Å²) in [5.41, 5.74) is -0.627. The van der Waals surface area contributed by atoms with Gasteiger partial charge in [-0.1, -0.05) is 6.08 Å². The summed E-state index contributed by atoms with van der Waals surface area (Å²) in [7, 11) is 0. The first-order valence-electron chi connectivity index (χ1n) is 4.55. The smallest absolute Gasteiger partial charge is 0.150 e. The van der Waals surface area contributed by atoms with Crippen LogP contribution in [-0.2, 0) is 9.59 Å². The molecular weight excluding hydrogens is 180 g/mol. The molecule has 0 saturated heterocycles. The highest BCUT2D eigenvalue weighted by molar-refractivity contribution is 6.01. The lowest BCUT2D eigenvalue weighted by atomic mass is 9.78. The fourth-order valence-electron chi connectivity index (χ4n) is 1.36. The molecule has 0 amide bonds. The van der Waals surface area contributed by atoms with Crippen LogP contribution in [0, 0.1) is 5.41 Å². The third-order valence-corrected chi connectivity index (χ3v) is 2.40. The fraction of sp³-hybridized carbons (Fsp3) is 0.455. The molecule has 1 N–H and O–H groups in total. The van der Waals surface area contributed by atoms with Crippen LogP contribution in [0.1, 0.15) is 26.7 Å². The van der Waals surface area contributed by atoms with Crippen molar-refractivity contribution in [3.05, 3.63) is 24.0 Å². The Morgan fingerprint density at radius 3 is 2.64 bits per heavy atom. The van der Waals surface area contributed by atoms with Crippen molar-refractivity contribution in [2.24, 2.45) is 5.41 Å². The van der Waals surface area contributed by atoms with Gasteiger partial charge in [-0.15, -0.1) is 0 Å². The number of hydrogen-bond acceptors (Lipinski definition) is 3. The molecule has 0 radical (unpaired) electrons. The maximum atomic E-state index is 11.7. The lowest BCUT2D eigenvalue weighted by molar-refractivity contribution is -0.130. The van der Waals surface area contributed by atoms with Gasteiger partial charge < -0.3 is 5.11 Å². The predicted octanol–water partition coefficient (Wildman–Crippen LogP) is 1.94. The van der Waals surface area contributed by atoms with Gasteiger partial charge in [0.25, 0.3) is 0 Å². The molecule has 0 saturated carbocycles. The molecule has 1 rings (SSSR count). The third-order valence-electron chi connectivity index (χ3n) is 2.40. The topological polar surface area (TPSA) is 54.4 Å². The minimum atomic E-state index is -0.627. The van der Waals surface area contributed by atoms with Gasteiger partial charge in [0.05, 0.1) is 6.42 Å². The second-order valence-electron chi connectivity index (χ2n) is 3.89. The molecule has 76 valence electrons. The van der Waals surface area contributed by atoms with Crippen molar-refractivity contribution in [3.63, 3.8) is 0 Å². The summed E-state index contributed by atoms with van der Waals surface area (Å²) in [5.74, 6) is -0.0356. The molecule has 1 unspecified atom stereocenters. The quantitative estimate of drug-likeness (QED) is 0.698. The molecule has 0 aromatic heterocycles. The molecule has 14 heavy (non-hydrogen) atoms. The number of carbonyl (C=O) groups is 2. The van der Waals surface area contributed by atoms with E-state index in [0.717, 1.165) is 0 Å². The summed E-state index contributed by atoms with van der Waals surface area (Å²) in [6.45, 7) is 3.18. The Balaban J connectivity index is 2.73. The molecule has 0 fully saturated rings. The number of allylic oxidation sites excluding steroid dienone is 3. The number of rotatable bonds is 3. The summed E-state index contributed by atoms with van der Waals surface area (Å²) in [6, 6.07) is 0. The highest BCUT2D eigenvalue weighted by Crippen LogP contribution is 2.30. The largest absolute Gasteiger partial charge is 0.508 e. The molecule has 1 aliphatic carbocycles. The van der Waals surface area contributed by atoms with E-state index in [0.29, 0.717) is 6.42 Å². The van der Waals surface area contributed by atoms with Gasteiger partial charge in [-0.2, -0.15) is 0 Å². The molecule has 0 aromatic carbocycles. The zero-order valence-electron chi connectivity index (χ0n) is 8.41. The van der Waals surface area contributed by atoms with Gasteiger partial charge in [0.15, 0.2) is 0 Å². The maximum Gasteiger partial charge on any atom is 0.150 e. The highest BCUT2D eigenvalue weighted by atomic mass is 16.3. The monoisotopic (exact) mass is 194 g/mol. The van der Waals surface area contributed by atoms with E-state index in [1.807, 2.05) is 0 Å². The Morgan fingerprint density at radius 1 is 1.57 bits per heavy atom. The van der Waals surface area contributed by atoms with Crippen molar-refractivity contribution in [2.45, 2.75) is 26.7 Å². The van der Waals surface area contributed by atoms with E-state index < -0.39 is 5.41 Å². The molecule has 0 spiro atoms. The van der Waals surface area contributed by atoms with Crippen LogP contribution in [-0.4, -0.2) is 16.7 Å². The van der Waals surface area contributed by atoms with Gasteiger partial charge in [0.2, 0.25) is 0 Å². The standard InChI is InChI=1S/C11H14O3/c1-8(12)7-10(14)11(2)5-3-9(13)4-6-11/h3-5,13H,6-7H2,1-2H3. The van der Waals surface area contributed by atoms with E-state index >= 15 is 0 Å². The predicted molar refractivity (Wildman–Crippen MR) is 52.9 cm³/mol. The van der Waals surface area contributed by atoms with Crippen molar-refractivity contribution in [1.82, 2.24) is 0 Å². The van der Waals surface area contributed by atoms with Crippen LogP contribution in [0.2, 0.25) is 0 Å². The SMILES string of the molecule is CC(=O)CC(=O)C1(C)C=CC(O)=CC1. The Bertz CT molecular complexity index is 325. The third kappa shape index (κ3) is 2.31. The second kappa shape index (κ2) is 3.78. The van der Waals surface area contributed by atoms with Crippen molar-refractivity contribution in [3.8, 4) is 0 Å². The number of Topliss-reactive ketones (excluding diaryl/α,β-unsaturated/α-hetero) is 2. The number of hydrogen-bond donors (Lipinski definition) is 1. The molecule has 3 nitrogen and oxygen atoms in total. The molecule has 0 bridgehead atoms. The lowest BCUT2D eigenvalue weighted by Gasteiger charge is -2.24. The van der Waals surface area contributed by atoms with Crippen LogP contribution in [0.15, 0.2) is 24.0 Å². The van der Waals surface area contributed by atoms with Crippen molar-refractivity contribution in [1.29, 1.82) is 0 Å². The minimum absolute atomic E-state index is 0.0323. The highest BCUT2D eigenvalue weighted by Gasteiger charge is 2.31. The van der Waals surface area contributed by atoms with Crippen LogP contribution in [0.5, 0.6) is 0 Å². The van der Waals surface area contributed by atoms with E-state index in [4.69, 9.17) is 5.11 Å². The van der Waals surface area contributed by atoms with E-state index in [2.05, 4.69) is 0 Å². The lowest BCUT2D eigenvalue weighted by Crippen LogP contribution is -2.28. The van der Waals surface area contributed by atoms with Gasteiger partial charge in [-0.05, 0) is 32.4 Å². The number of aliphatic hydroxyl groups excluding tert-OH is 1. The van der Waals surface area contributed by atoms with E-state index in [1.165, 1.54) is 13.0 Å². The number of carbonyl (C=O) groups excluding carboxylic acids is 2. The first-order chi connectivity index (χ1) is 6.44. The first kappa shape index (κ1) is 10.7. The fourth-order valence-corrected chi connectivity index (χ4v) is 1.36. The van der Waals surface area contributed by atoms with Crippen LogP contribution in [0.4, 0.5) is 0 Å². The molecule has 0 heterocycles. The van der Waals surface area contributed by atoms with Gasteiger partial charge in [-0.3, -0.25) is 9.59 Å². The Hall–Kier alpha value is -1.38. The summed E-state index contributed by atoms with van der Waals surface area (Å²) in [6.07, 6.45) is 5.18. The Labute approximate surface area is 83.1 Å². The summed E-state index contributed by atoms with van der Waals surface area (Å²) < 4.78 is 0. The van der Waals surface area contributed by atoms with Gasteiger partial charge >= 0.3 is 0 Å². The summed E-state index contributed by atoms with van der Waals surface area (Å²) >= 11 is 0. The van der Waals surface area contributed by atoms with E-state index in [-0.39, 0.29) is 23.7 Å². The van der Waals surface area contributed by atoms with Gasteiger partial charge in [-0.25, -0.2) is 0 Å². The number of ketones is 2. The molecule has 0 aromatic rings. The van der Waals surface area contributed by atoms with Gasteiger partial charge in [0, 0.05) is 5.41 Å².